The van der Waals surface area contributed by atoms with Crippen molar-refractivity contribution in [1.29, 1.82) is 0 Å². The molecular weight excluding hydrogens is 426 g/mol. The van der Waals surface area contributed by atoms with E-state index in [1.54, 1.807) is 26.8 Å². The summed E-state index contributed by atoms with van der Waals surface area (Å²) < 4.78 is 61.7. The van der Waals surface area contributed by atoms with Crippen molar-refractivity contribution in [2.75, 3.05) is 13.1 Å². The fourth-order valence-corrected chi connectivity index (χ4v) is 3.84. The van der Waals surface area contributed by atoms with Crippen molar-refractivity contribution in [3.63, 3.8) is 0 Å². The third-order valence-electron chi connectivity index (χ3n) is 5.32. The average molecular weight is 449 g/mol. The molecule has 0 saturated carbocycles. The van der Waals surface area contributed by atoms with Crippen molar-refractivity contribution in [2.45, 2.75) is 45.0 Å². The molecule has 5 nitrogen and oxygen atoms in total. The number of nitrogens with zero attached hydrogens (tertiary/aromatic N) is 3. The lowest BCUT2D eigenvalue weighted by molar-refractivity contribution is -0.138. The molecular formula is C23H23F4N3O2. The van der Waals surface area contributed by atoms with E-state index in [2.05, 4.69) is 5.10 Å². The first kappa shape index (κ1) is 22.1. The van der Waals surface area contributed by atoms with E-state index in [1.165, 1.54) is 39.9 Å². The van der Waals surface area contributed by atoms with E-state index < -0.39 is 29.3 Å². The van der Waals surface area contributed by atoms with Crippen LogP contribution in [0.1, 0.15) is 43.5 Å². The molecule has 0 spiro atoms. The molecule has 1 aliphatic heterocycles. The summed E-state index contributed by atoms with van der Waals surface area (Å²) in [6.45, 7) is 5.75. The zero-order valence-electron chi connectivity index (χ0n) is 17.9. The van der Waals surface area contributed by atoms with Crippen molar-refractivity contribution in [1.82, 2.24) is 14.7 Å². The topological polar surface area (TPSA) is 47.4 Å². The summed E-state index contributed by atoms with van der Waals surface area (Å²) >= 11 is 0. The Morgan fingerprint density at radius 2 is 1.78 bits per heavy atom. The first-order valence-electron chi connectivity index (χ1n) is 10.2. The van der Waals surface area contributed by atoms with Gasteiger partial charge in [0.05, 0.1) is 28.7 Å². The number of rotatable bonds is 3. The SMILES string of the molecule is CC(C)(C)OC(=O)N1CC(c2nn(Cc3ccccc3C(F)(F)F)c3cccc(F)c23)C1. The number of hydrogen-bond acceptors (Lipinski definition) is 3. The molecule has 0 bridgehead atoms. The highest BCUT2D eigenvalue weighted by molar-refractivity contribution is 5.84. The van der Waals surface area contributed by atoms with Crippen LogP contribution in [0.3, 0.4) is 0 Å². The number of ether oxygens (including phenoxy) is 1. The number of halogens is 4. The van der Waals surface area contributed by atoms with Gasteiger partial charge in [-0.1, -0.05) is 24.3 Å². The summed E-state index contributed by atoms with van der Waals surface area (Å²) in [7, 11) is 0. The van der Waals surface area contributed by atoms with Gasteiger partial charge in [0.15, 0.2) is 0 Å². The highest BCUT2D eigenvalue weighted by atomic mass is 19.4. The molecule has 1 fully saturated rings. The van der Waals surface area contributed by atoms with Gasteiger partial charge in [-0.3, -0.25) is 4.68 Å². The fraction of sp³-hybridized carbons (Fsp3) is 0.391. The Kier molecular flexibility index (Phi) is 5.38. The number of fused-ring (bicyclic) bond motifs is 1. The van der Waals surface area contributed by atoms with Gasteiger partial charge in [0.25, 0.3) is 0 Å². The molecule has 170 valence electrons. The van der Waals surface area contributed by atoms with Gasteiger partial charge in [-0.15, -0.1) is 0 Å². The molecule has 0 radical (unpaired) electrons. The Balaban J connectivity index is 1.64. The Hall–Kier alpha value is -3.10. The zero-order chi connectivity index (χ0) is 23.3. The number of likely N-dealkylation sites (tertiary alicyclic amines) is 1. The van der Waals surface area contributed by atoms with Crippen molar-refractivity contribution in [3.8, 4) is 0 Å². The first-order chi connectivity index (χ1) is 14.9. The quantitative estimate of drug-likeness (QED) is 0.491. The van der Waals surface area contributed by atoms with Gasteiger partial charge in [-0.25, -0.2) is 9.18 Å². The lowest BCUT2D eigenvalue weighted by atomic mass is 9.94. The molecule has 0 N–H and O–H groups in total. The van der Waals surface area contributed by atoms with Crippen LogP contribution in [0, 0.1) is 5.82 Å². The zero-order valence-corrected chi connectivity index (χ0v) is 17.9. The molecule has 4 rings (SSSR count). The number of hydrogen-bond donors (Lipinski definition) is 0. The van der Waals surface area contributed by atoms with Crippen LogP contribution in [-0.4, -0.2) is 39.5 Å². The van der Waals surface area contributed by atoms with E-state index in [1.807, 2.05) is 0 Å². The number of alkyl halides is 3. The van der Waals surface area contributed by atoms with Crippen LogP contribution in [0.4, 0.5) is 22.4 Å². The van der Waals surface area contributed by atoms with Gasteiger partial charge in [0.2, 0.25) is 0 Å². The highest BCUT2D eigenvalue weighted by Crippen LogP contribution is 2.36. The third kappa shape index (κ3) is 4.28. The van der Waals surface area contributed by atoms with Crippen LogP contribution in [0.5, 0.6) is 0 Å². The lowest BCUT2D eigenvalue weighted by Gasteiger charge is -2.39. The van der Waals surface area contributed by atoms with Gasteiger partial charge in [0.1, 0.15) is 11.4 Å². The standard InChI is InChI=1S/C23H23F4N3O2/c1-22(2,3)32-21(31)29-11-15(12-29)20-19-17(24)9-6-10-18(19)30(28-20)13-14-7-4-5-8-16(14)23(25,26)27/h4-10,15H,11-13H2,1-3H3. The van der Waals surface area contributed by atoms with Crippen LogP contribution < -0.4 is 0 Å². The molecule has 2 aromatic carbocycles. The Labute approximate surface area is 182 Å². The third-order valence-corrected chi connectivity index (χ3v) is 5.32. The predicted octanol–water partition coefficient (Wildman–Crippen LogP) is 5.58. The molecule has 2 heterocycles. The van der Waals surface area contributed by atoms with Crippen LogP contribution in [0.25, 0.3) is 10.9 Å². The summed E-state index contributed by atoms with van der Waals surface area (Å²) in [5.74, 6) is -0.732. The van der Waals surface area contributed by atoms with E-state index in [0.717, 1.165) is 6.07 Å². The van der Waals surface area contributed by atoms with Crippen LogP contribution >= 0.6 is 0 Å². The largest absolute Gasteiger partial charge is 0.444 e. The number of carbonyl (C=O) groups excluding carboxylic acids is 1. The van der Waals surface area contributed by atoms with Crippen molar-refractivity contribution in [3.05, 3.63) is 65.1 Å². The molecule has 9 heteroatoms. The Morgan fingerprint density at radius 1 is 1.09 bits per heavy atom. The predicted molar refractivity (Wildman–Crippen MR) is 111 cm³/mol. The van der Waals surface area contributed by atoms with Gasteiger partial charge in [-0.2, -0.15) is 18.3 Å². The minimum absolute atomic E-state index is 0.0456. The second-order valence-electron chi connectivity index (χ2n) is 8.91. The first-order valence-corrected chi connectivity index (χ1v) is 10.2. The summed E-state index contributed by atoms with van der Waals surface area (Å²) in [4.78, 5) is 13.7. The highest BCUT2D eigenvalue weighted by Gasteiger charge is 2.38. The molecule has 1 aliphatic rings. The Bertz CT molecular complexity index is 1160. The molecule has 1 amide bonds. The van der Waals surface area contributed by atoms with Crippen molar-refractivity contribution < 1.29 is 27.1 Å². The number of benzene rings is 2. The molecule has 0 unspecified atom stereocenters. The van der Waals surface area contributed by atoms with E-state index in [0.29, 0.717) is 24.3 Å². The summed E-state index contributed by atoms with van der Waals surface area (Å²) in [6, 6.07) is 9.71. The normalized spacial score (nSPS) is 15.2. The molecule has 1 saturated heterocycles. The van der Waals surface area contributed by atoms with E-state index in [4.69, 9.17) is 4.74 Å². The summed E-state index contributed by atoms with van der Waals surface area (Å²) in [5.41, 5.74) is -0.491. The number of carbonyl (C=O) groups is 1. The molecule has 32 heavy (non-hydrogen) atoms. The van der Waals surface area contributed by atoms with Crippen LogP contribution in [-0.2, 0) is 17.5 Å². The molecule has 3 aromatic rings. The van der Waals surface area contributed by atoms with Crippen molar-refractivity contribution in [2.24, 2.45) is 0 Å². The van der Waals surface area contributed by atoms with Crippen molar-refractivity contribution >= 4 is 17.0 Å². The summed E-state index contributed by atoms with van der Waals surface area (Å²) in [5, 5.41) is 4.76. The van der Waals surface area contributed by atoms with E-state index in [9.17, 15) is 22.4 Å². The van der Waals surface area contributed by atoms with E-state index >= 15 is 0 Å². The maximum Gasteiger partial charge on any atom is 0.416 e. The second-order valence-corrected chi connectivity index (χ2v) is 8.91. The molecule has 0 aliphatic carbocycles. The summed E-state index contributed by atoms with van der Waals surface area (Å²) in [6.07, 6.45) is -4.97. The van der Waals surface area contributed by atoms with Gasteiger partial charge in [0, 0.05) is 19.0 Å². The molecule has 0 atom stereocenters. The average Bonchev–Trinajstić information content (AvgIpc) is 2.98. The van der Waals surface area contributed by atoms with Crippen LogP contribution in [0.15, 0.2) is 42.5 Å². The Morgan fingerprint density at radius 3 is 2.44 bits per heavy atom. The van der Waals surface area contributed by atoms with Gasteiger partial charge in [-0.05, 0) is 44.5 Å². The number of amides is 1. The maximum atomic E-state index is 14.7. The maximum absolute atomic E-state index is 14.7. The number of aromatic nitrogens is 2. The minimum Gasteiger partial charge on any atom is -0.444 e. The van der Waals surface area contributed by atoms with Gasteiger partial charge >= 0.3 is 12.3 Å². The second kappa shape index (κ2) is 7.79. The monoisotopic (exact) mass is 449 g/mol. The smallest absolute Gasteiger partial charge is 0.416 e. The van der Waals surface area contributed by atoms with Crippen LogP contribution in [0.2, 0.25) is 0 Å². The fourth-order valence-electron chi connectivity index (χ4n) is 3.84. The van der Waals surface area contributed by atoms with Gasteiger partial charge < -0.3 is 9.64 Å². The molecule has 1 aromatic heterocycles. The van der Waals surface area contributed by atoms with E-state index in [-0.39, 0.29) is 23.4 Å². The lowest BCUT2D eigenvalue weighted by Crippen LogP contribution is -2.50. The minimum atomic E-state index is -4.50.